The summed E-state index contributed by atoms with van der Waals surface area (Å²) in [5, 5.41) is 8.13. The topological polar surface area (TPSA) is 68.5 Å². The number of rotatable bonds is 7. The third kappa shape index (κ3) is 4.14. The van der Waals surface area contributed by atoms with Crippen LogP contribution in [0.3, 0.4) is 0 Å². The van der Waals surface area contributed by atoms with Crippen LogP contribution in [0.25, 0.3) is 11.4 Å². The van der Waals surface area contributed by atoms with Crippen molar-refractivity contribution in [1.82, 2.24) is 30.0 Å². The van der Waals surface area contributed by atoms with Crippen LogP contribution < -0.4 is 5.32 Å². The van der Waals surface area contributed by atoms with E-state index in [1.54, 1.807) is 12.4 Å². The standard InChI is InChI=1S/C20H26N6/c1-5-10-26-13-18(14(2)25-26)11-22-15(3)19-12-23-20(24-16(19)4)17-6-8-21-9-7-17/h6-9,12-13,15,22H,5,10-11H2,1-4H3/t15-/m0/s1. The second-order valence-corrected chi connectivity index (χ2v) is 6.58. The summed E-state index contributed by atoms with van der Waals surface area (Å²) in [5.41, 5.74) is 5.40. The van der Waals surface area contributed by atoms with Crippen molar-refractivity contribution in [3.63, 3.8) is 0 Å². The summed E-state index contributed by atoms with van der Waals surface area (Å²) in [7, 11) is 0. The van der Waals surface area contributed by atoms with E-state index in [1.165, 1.54) is 5.56 Å². The summed E-state index contributed by atoms with van der Waals surface area (Å²) >= 11 is 0. The normalized spacial score (nSPS) is 12.3. The van der Waals surface area contributed by atoms with Crippen molar-refractivity contribution in [1.29, 1.82) is 0 Å². The average molecular weight is 350 g/mol. The second-order valence-electron chi connectivity index (χ2n) is 6.58. The minimum Gasteiger partial charge on any atom is -0.306 e. The Kier molecular flexibility index (Phi) is 5.73. The fourth-order valence-corrected chi connectivity index (χ4v) is 2.99. The third-order valence-corrected chi connectivity index (χ3v) is 4.52. The Balaban J connectivity index is 1.69. The number of hydrogen-bond donors (Lipinski definition) is 1. The molecule has 26 heavy (non-hydrogen) atoms. The second kappa shape index (κ2) is 8.19. The van der Waals surface area contributed by atoms with Crippen LogP contribution in [0.5, 0.6) is 0 Å². The maximum absolute atomic E-state index is 4.67. The van der Waals surface area contributed by atoms with Crippen LogP contribution in [0, 0.1) is 13.8 Å². The number of pyridine rings is 1. The highest BCUT2D eigenvalue weighted by Gasteiger charge is 2.13. The Labute approximate surface area is 154 Å². The highest BCUT2D eigenvalue weighted by Crippen LogP contribution is 2.20. The molecule has 1 N–H and O–H groups in total. The maximum Gasteiger partial charge on any atom is 0.159 e. The van der Waals surface area contributed by atoms with E-state index in [0.29, 0.717) is 0 Å². The van der Waals surface area contributed by atoms with Crippen molar-refractivity contribution in [3.8, 4) is 11.4 Å². The zero-order valence-electron chi connectivity index (χ0n) is 15.9. The van der Waals surface area contributed by atoms with Crippen LogP contribution in [-0.4, -0.2) is 24.7 Å². The first-order valence-electron chi connectivity index (χ1n) is 9.08. The van der Waals surface area contributed by atoms with Crippen molar-refractivity contribution >= 4 is 0 Å². The highest BCUT2D eigenvalue weighted by molar-refractivity contribution is 5.53. The Morgan fingerprint density at radius 3 is 2.62 bits per heavy atom. The molecule has 3 aromatic rings. The molecule has 0 aromatic carbocycles. The van der Waals surface area contributed by atoms with Crippen molar-refractivity contribution in [2.24, 2.45) is 0 Å². The first-order chi connectivity index (χ1) is 12.6. The van der Waals surface area contributed by atoms with E-state index in [1.807, 2.05) is 29.9 Å². The zero-order chi connectivity index (χ0) is 18.5. The third-order valence-electron chi connectivity index (χ3n) is 4.52. The van der Waals surface area contributed by atoms with Gasteiger partial charge >= 0.3 is 0 Å². The van der Waals surface area contributed by atoms with Gasteiger partial charge in [0.15, 0.2) is 5.82 Å². The number of aromatic nitrogens is 5. The van der Waals surface area contributed by atoms with Gasteiger partial charge in [-0.15, -0.1) is 0 Å². The lowest BCUT2D eigenvalue weighted by Crippen LogP contribution is -2.20. The molecule has 0 aliphatic carbocycles. The zero-order valence-corrected chi connectivity index (χ0v) is 15.9. The van der Waals surface area contributed by atoms with Gasteiger partial charge in [-0.3, -0.25) is 9.67 Å². The molecule has 0 aliphatic heterocycles. The molecule has 0 spiro atoms. The average Bonchev–Trinajstić information content (AvgIpc) is 3.00. The SMILES string of the molecule is CCCn1cc(CN[C@@H](C)c2cnc(-c3ccncc3)nc2C)c(C)n1. The lowest BCUT2D eigenvalue weighted by molar-refractivity contribution is 0.565. The summed E-state index contributed by atoms with van der Waals surface area (Å²) in [6, 6.07) is 4.01. The predicted octanol–water partition coefficient (Wildman–Crippen LogP) is 3.61. The first-order valence-corrected chi connectivity index (χ1v) is 9.08. The minimum atomic E-state index is 0.162. The Morgan fingerprint density at radius 1 is 1.15 bits per heavy atom. The number of nitrogens with one attached hydrogen (secondary N) is 1. The minimum absolute atomic E-state index is 0.162. The fourth-order valence-electron chi connectivity index (χ4n) is 2.99. The quantitative estimate of drug-likeness (QED) is 0.705. The smallest absolute Gasteiger partial charge is 0.159 e. The van der Waals surface area contributed by atoms with Crippen LogP contribution in [0.2, 0.25) is 0 Å². The lowest BCUT2D eigenvalue weighted by atomic mass is 10.1. The molecule has 3 aromatic heterocycles. The van der Waals surface area contributed by atoms with Gasteiger partial charge in [0.25, 0.3) is 0 Å². The lowest BCUT2D eigenvalue weighted by Gasteiger charge is -2.16. The molecular weight excluding hydrogens is 324 g/mol. The van der Waals surface area contributed by atoms with Crippen molar-refractivity contribution in [2.75, 3.05) is 0 Å². The van der Waals surface area contributed by atoms with Gasteiger partial charge in [-0.1, -0.05) is 6.92 Å². The van der Waals surface area contributed by atoms with E-state index in [2.05, 4.69) is 52.3 Å². The van der Waals surface area contributed by atoms with Crippen LogP contribution in [0.1, 0.15) is 48.8 Å². The molecule has 3 rings (SSSR count). The van der Waals surface area contributed by atoms with Crippen molar-refractivity contribution in [3.05, 3.63) is 59.4 Å². The molecule has 136 valence electrons. The Bertz CT molecular complexity index is 856. The van der Waals surface area contributed by atoms with E-state index >= 15 is 0 Å². The number of aryl methyl sites for hydroxylation is 3. The molecule has 0 amide bonds. The van der Waals surface area contributed by atoms with Gasteiger partial charge in [0.2, 0.25) is 0 Å². The molecule has 0 fully saturated rings. The van der Waals surface area contributed by atoms with Crippen LogP contribution in [0.15, 0.2) is 36.9 Å². The van der Waals surface area contributed by atoms with Gasteiger partial charge in [-0.05, 0) is 39.3 Å². The van der Waals surface area contributed by atoms with Crippen LogP contribution in [-0.2, 0) is 13.1 Å². The monoisotopic (exact) mass is 350 g/mol. The maximum atomic E-state index is 4.67. The molecule has 3 heterocycles. The summed E-state index contributed by atoms with van der Waals surface area (Å²) in [5.74, 6) is 0.734. The van der Waals surface area contributed by atoms with Gasteiger partial charge in [0.05, 0.1) is 5.69 Å². The predicted molar refractivity (Wildman–Crippen MR) is 103 cm³/mol. The van der Waals surface area contributed by atoms with Gasteiger partial charge in [0, 0.05) is 66.3 Å². The summed E-state index contributed by atoms with van der Waals surface area (Å²) < 4.78 is 2.02. The molecule has 0 unspecified atom stereocenters. The summed E-state index contributed by atoms with van der Waals surface area (Å²) in [6.07, 6.45) is 8.66. The van der Waals surface area contributed by atoms with Gasteiger partial charge in [-0.2, -0.15) is 5.10 Å². The summed E-state index contributed by atoms with van der Waals surface area (Å²) in [6.45, 7) is 10.1. The molecule has 0 bridgehead atoms. The van der Waals surface area contributed by atoms with Crippen LogP contribution >= 0.6 is 0 Å². The van der Waals surface area contributed by atoms with Crippen molar-refractivity contribution < 1.29 is 0 Å². The van der Waals surface area contributed by atoms with Gasteiger partial charge < -0.3 is 5.32 Å². The molecular formula is C20H26N6. The van der Waals surface area contributed by atoms with E-state index in [4.69, 9.17) is 0 Å². The molecule has 6 heteroatoms. The largest absolute Gasteiger partial charge is 0.306 e. The van der Waals surface area contributed by atoms with E-state index in [9.17, 15) is 0 Å². The van der Waals surface area contributed by atoms with E-state index in [-0.39, 0.29) is 6.04 Å². The molecule has 0 saturated heterocycles. The molecule has 0 aliphatic rings. The number of hydrogen-bond acceptors (Lipinski definition) is 5. The molecule has 0 radical (unpaired) electrons. The highest BCUT2D eigenvalue weighted by atomic mass is 15.3. The number of nitrogens with zero attached hydrogens (tertiary/aromatic N) is 5. The van der Waals surface area contributed by atoms with Crippen molar-refractivity contribution in [2.45, 2.75) is 53.2 Å². The van der Waals surface area contributed by atoms with E-state index < -0.39 is 0 Å². The molecule has 0 saturated carbocycles. The van der Waals surface area contributed by atoms with Gasteiger partial charge in [-0.25, -0.2) is 9.97 Å². The Morgan fingerprint density at radius 2 is 1.92 bits per heavy atom. The Hall–Kier alpha value is -2.60. The molecule has 6 nitrogen and oxygen atoms in total. The fraction of sp³-hybridized carbons (Fsp3) is 0.400. The van der Waals surface area contributed by atoms with Gasteiger partial charge in [0.1, 0.15) is 0 Å². The summed E-state index contributed by atoms with van der Waals surface area (Å²) in [4.78, 5) is 13.2. The van der Waals surface area contributed by atoms with E-state index in [0.717, 1.165) is 47.8 Å². The molecule has 1 atom stereocenters. The first kappa shape index (κ1) is 18.2. The van der Waals surface area contributed by atoms with Crippen LogP contribution in [0.4, 0.5) is 0 Å².